The third kappa shape index (κ3) is 3.85. The van der Waals surface area contributed by atoms with Gasteiger partial charge in [0, 0.05) is 19.5 Å². The van der Waals surface area contributed by atoms with Crippen LogP contribution in [0.2, 0.25) is 10.0 Å². The number of rotatable bonds is 5. The van der Waals surface area contributed by atoms with E-state index in [1.165, 1.54) is 16.2 Å². The molecule has 0 saturated carbocycles. The Morgan fingerprint density at radius 1 is 1.29 bits per heavy atom. The Labute approximate surface area is 176 Å². The molecule has 1 fully saturated rings. The Morgan fingerprint density at radius 3 is 2.64 bits per heavy atom. The molecule has 2 aromatic rings. The molecule has 1 aliphatic heterocycles. The SMILES string of the molecule is CN(C)C(=O)Cc1nc(CN2C(=O)NC(C)(c3ccc(Cl)c(Cl)c3)C2=O)cs1. The molecule has 0 radical (unpaired) electrons. The topological polar surface area (TPSA) is 82.6 Å². The van der Waals surface area contributed by atoms with E-state index in [1.807, 2.05) is 0 Å². The lowest BCUT2D eigenvalue weighted by Crippen LogP contribution is -2.40. The Morgan fingerprint density at radius 2 is 2.00 bits per heavy atom. The predicted molar refractivity (Wildman–Crippen MR) is 107 cm³/mol. The maximum absolute atomic E-state index is 13.0. The summed E-state index contributed by atoms with van der Waals surface area (Å²) in [5.74, 6) is -0.474. The van der Waals surface area contributed by atoms with Crippen LogP contribution in [0.1, 0.15) is 23.2 Å². The number of hydrogen-bond acceptors (Lipinski definition) is 5. The van der Waals surface area contributed by atoms with E-state index in [1.54, 1.807) is 44.6 Å². The van der Waals surface area contributed by atoms with E-state index in [0.29, 0.717) is 26.3 Å². The number of benzene rings is 1. The Bertz CT molecular complexity index is 962. The molecule has 0 aliphatic carbocycles. The first-order valence-corrected chi connectivity index (χ1v) is 9.98. The van der Waals surface area contributed by atoms with E-state index >= 15 is 0 Å². The highest BCUT2D eigenvalue weighted by molar-refractivity contribution is 7.09. The first kappa shape index (κ1) is 20.6. The van der Waals surface area contributed by atoms with Crippen LogP contribution >= 0.6 is 34.5 Å². The normalized spacial score (nSPS) is 19.1. The van der Waals surface area contributed by atoms with Crippen molar-refractivity contribution in [2.75, 3.05) is 14.1 Å². The number of nitrogens with one attached hydrogen (secondary N) is 1. The molecule has 3 rings (SSSR count). The number of thiazole rings is 1. The molecule has 1 N–H and O–H groups in total. The molecule has 1 unspecified atom stereocenters. The summed E-state index contributed by atoms with van der Waals surface area (Å²) in [6, 6.07) is 4.29. The number of aromatic nitrogens is 1. The Kier molecular flexibility index (Phi) is 5.65. The highest BCUT2D eigenvalue weighted by atomic mass is 35.5. The van der Waals surface area contributed by atoms with Crippen molar-refractivity contribution in [1.82, 2.24) is 20.1 Å². The molecule has 0 spiro atoms. The third-order valence-electron chi connectivity index (χ3n) is 4.49. The molecule has 0 bridgehead atoms. The van der Waals surface area contributed by atoms with E-state index < -0.39 is 17.5 Å². The van der Waals surface area contributed by atoms with E-state index in [9.17, 15) is 14.4 Å². The summed E-state index contributed by atoms with van der Waals surface area (Å²) in [5, 5.41) is 5.76. The fourth-order valence-corrected chi connectivity index (χ4v) is 3.87. The van der Waals surface area contributed by atoms with Gasteiger partial charge in [0.2, 0.25) is 5.91 Å². The van der Waals surface area contributed by atoms with E-state index in [2.05, 4.69) is 10.3 Å². The number of hydrogen-bond donors (Lipinski definition) is 1. The van der Waals surface area contributed by atoms with Crippen LogP contribution in [0, 0.1) is 0 Å². The first-order valence-electron chi connectivity index (χ1n) is 8.35. The van der Waals surface area contributed by atoms with Gasteiger partial charge in [0.15, 0.2) is 0 Å². The van der Waals surface area contributed by atoms with Gasteiger partial charge in [-0.05, 0) is 24.6 Å². The monoisotopic (exact) mass is 440 g/mol. The van der Waals surface area contributed by atoms with Crippen molar-refractivity contribution in [1.29, 1.82) is 0 Å². The van der Waals surface area contributed by atoms with Crippen LogP contribution in [0.15, 0.2) is 23.6 Å². The lowest BCUT2D eigenvalue weighted by Gasteiger charge is -2.22. The fourth-order valence-electron chi connectivity index (χ4n) is 2.80. The Hall–Kier alpha value is -2.16. The molecule has 1 saturated heterocycles. The standard InChI is InChI=1S/C18H18Cl2N4O3S/c1-18(10-4-5-12(19)13(20)6-10)16(26)24(17(27)22-18)8-11-9-28-14(21-11)7-15(25)23(2)3/h4-6,9H,7-8H2,1-3H3,(H,22,27). The number of urea groups is 1. The molecule has 7 nitrogen and oxygen atoms in total. The molecular formula is C18H18Cl2N4O3S. The first-order chi connectivity index (χ1) is 13.1. The highest BCUT2D eigenvalue weighted by Crippen LogP contribution is 2.33. The van der Waals surface area contributed by atoms with Gasteiger partial charge in [-0.25, -0.2) is 9.78 Å². The number of nitrogens with zero attached hydrogens (tertiary/aromatic N) is 3. The van der Waals surface area contributed by atoms with Gasteiger partial charge in [0.25, 0.3) is 5.91 Å². The summed E-state index contributed by atoms with van der Waals surface area (Å²) >= 11 is 13.3. The van der Waals surface area contributed by atoms with E-state index in [4.69, 9.17) is 23.2 Å². The second kappa shape index (κ2) is 7.69. The number of imide groups is 1. The van der Waals surface area contributed by atoms with Gasteiger partial charge in [-0.1, -0.05) is 29.3 Å². The summed E-state index contributed by atoms with van der Waals surface area (Å²) < 4.78 is 0. The maximum atomic E-state index is 13.0. The van der Waals surface area contributed by atoms with Crippen molar-refractivity contribution in [2.24, 2.45) is 0 Å². The summed E-state index contributed by atoms with van der Waals surface area (Å²) in [4.78, 5) is 44.2. The minimum atomic E-state index is -1.24. The largest absolute Gasteiger partial charge is 0.348 e. The molecule has 1 aromatic heterocycles. The number of carbonyl (C=O) groups is 3. The second-order valence-electron chi connectivity index (χ2n) is 6.77. The lowest BCUT2D eigenvalue weighted by molar-refractivity contribution is -0.131. The van der Waals surface area contributed by atoms with Crippen molar-refractivity contribution >= 4 is 52.4 Å². The van der Waals surface area contributed by atoms with Crippen molar-refractivity contribution in [3.8, 4) is 0 Å². The van der Waals surface area contributed by atoms with E-state index in [0.717, 1.165) is 4.90 Å². The average Bonchev–Trinajstić information content (AvgIpc) is 3.15. The van der Waals surface area contributed by atoms with Gasteiger partial charge < -0.3 is 10.2 Å². The van der Waals surface area contributed by atoms with Crippen LogP contribution < -0.4 is 5.32 Å². The van der Waals surface area contributed by atoms with Crippen molar-refractivity contribution in [3.05, 3.63) is 49.9 Å². The molecule has 1 aliphatic rings. The summed E-state index contributed by atoms with van der Waals surface area (Å²) in [5.41, 5.74) is -0.155. The van der Waals surface area contributed by atoms with Gasteiger partial charge in [0.1, 0.15) is 10.5 Å². The lowest BCUT2D eigenvalue weighted by atomic mass is 9.92. The zero-order chi connectivity index (χ0) is 20.6. The van der Waals surface area contributed by atoms with Crippen LogP contribution in [-0.2, 0) is 28.1 Å². The average molecular weight is 441 g/mol. The molecule has 4 amide bonds. The second-order valence-corrected chi connectivity index (χ2v) is 8.53. The highest BCUT2D eigenvalue weighted by Gasteiger charge is 2.49. The maximum Gasteiger partial charge on any atom is 0.325 e. The predicted octanol–water partition coefficient (Wildman–Crippen LogP) is 3.05. The van der Waals surface area contributed by atoms with Crippen LogP contribution in [0.4, 0.5) is 4.79 Å². The zero-order valence-electron chi connectivity index (χ0n) is 15.5. The van der Waals surface area contributed by atoms with Gasteiger partial charge in [-0.3, -0.25) is 14.5 Å². The van der Waals surface area contributed by atoms with E-state index in [-0.39, 0.29) is 18.9 Å². The zero-order valence-corrected chi connectivity index (χ0v) is 17.8. The minimum absolute atomic E-state index is 0.0221. The van der Waals surface area contributed by atoms with Crippen LogP contribution in [0.5, 0.6) is 0 Å². The molecule has 2 heterocycles. The number of carbonyl (C=O) groups excluding carboxylic acids is 3. The van der Waals surface area contributed by atoms with Crippen molar-refractivity contribution in [3.63, 3.8) is 0 Å². The van der Waals surface area contributed by atoms with Crippen molar-refractivity contribution in [2.45, 2.75) is 25.4 Å². The Balaban J connectivity index is 1.78. The summed E-state index contributed by atoms with van der Waals surface area (Å²) in [6.45, 7) is 1.64. The number of amides is 4. The van der Waals surface area contributed by atoms with Crippen LogP contribution in [0.25, 0.3) is 0 Å². The molecule has 148 valence electrons. The number of halogens is 2. The molecular weight excluding hydrogens is 423 g/mol. The number of likely N-dealkylation sites (N-methyl/N-ethyl adjacent to an activating group) is 1. The third-order valence-corrected chi connectivity index (χ3v) is 6.13. The van der Waals surface area contributed by atoms with Crippen LogP contribution in [0.3, 0.4) is 0 Å². The molecule has 1 atom stereocenters. The van der Waals surface area contributed by atoms with Crippen LogP contribution in [-0.4, -0.2) is 46.7 Å². The molecule has 10 heteroatoms. The van der Waals surface area contributed by atoms with Crippen molar-refractivity contribution < 1.29 is 14.4 Å². The van der Waals surface area contributed by atoms with Gasteiger partial charge in [0.05, 0.1) is 28.7 Å². The van der Waals surface area contributed by atoms with Gasteiger partial charge in [-0.15, -0.1) is 11.3 Å². The summed E-state index contributed by atoms with van der Waals surface area (Å²) in [7, 11) is 3.35. The minimum Gasteiger partial charge on any atom is -0.348 e. The summed E-state index contributed by atoms with van der Waals surface area (Å²) in [6.07, 6.45) is 0.179. The smallest absolute Gasteiger partial charge is 0.325 e. The van der Waals surface area contributed by atoms with Gasteiger partial charge in [-0.2, -0.15) is 0 Å². The van der Waals surface area contributed by atoms with Gasteiger partial charge >= 0.3 is 6.03 Å². The molecule has 28 heavy (non-hydrogen) atoms. The molecule has 1 aromatic carbocycles. The fraction of sp³-hybridized carbons (Fsp3) is 0.333. The quantitative estimate of drug-likeness (QED) is 0.724.